The predicted molar refractivity (Wildman–Crippen MR) is 90.5 cm³/mol. The van der Waals surface area contributed by atoms with Crippen molar-refractivity contribution in [3.05, 3.63) is 34.6 Å². The van der Waals surface area contributed by atoms with Crippen LogP contribution in [0.25, 0.3) is 0 Å². The second-order valence-corrected chi connectivity index (χ2v) is 8.27. The molecule has 1 saturated heterocycles. The minimum absolute atomic E-state index is 0.0767. The fraction of sp³-hybridized carbons (Fsp3) is 0.533. The third kappa shape index (κ3) is 5.89. The van der Waals surface area contributed by atoms with Crippen molar-refractivity contribution >= 4 is 27.6 Å². The third-order valence-corrected chi connectivity index (χ3v) is 5.42. The molecule has 0 aromatic heterocycles. The van der Waals surface area contributed by atoms with Crippen molar-refractivity contribution < 1.29 is 27.4 Å². The molecule has 0 amide bonds. The number of carboxylic acids is 1. The summed E-state index contributed by atoms with van der Waals surface area (Å²) in [6.07, 6.45) is 0.448. The molecule has 2 rings (SSSR count). The summed E-state index contributed by atoms with van der Waals surface area (Å²) in [6.45, 7) is 0.782. The van der Waals surface area contributed by atoms with E-state index >= 15 is 0 Å². The lowest BCUT2D eigenvalue weighted by Gasteiger charge is -2.35. The van der Waals surface area contributed by atoms with Crippen LogP contribution in [0.2, 0.25) is 5.02 Å². The molecule has 1 aromatic rings. The summed E-state index contributed by atoms with van der Waals surface area (Å²) in [7, 11) is -3.68. The van der Waals surface area contributed by atoms with Crippen molar-refractivity contribution in [3.8, 4) is 0 Å². The number of sulfonamides is 1. The highest BCUT2D eigenvalue weighted by molar-refractivity contribution is 7.88. The Kier molecular flexibility index (Phi) is 6.75. The van der Waals surface area contributed by atoms with Gasteiger partial charge in [0.15, 0.2) is 0 Å². The molecule has 0 saturated carbocycles. The van der Waals surface area contributed by atoms with Crippen LogP contribution in [0.5, 0.6) is 0 Å². The van der Waals surface area contributed by atoms with Gasteiger partial charge in [0.2, 0.25) is 10.0 Å². The fourth-order valence-corrected chi connectivity index (χ4v) is 3.64. The third-order valence-electron chi connectivity index (χ3n) is 3.85. The van der Waals surface area contributed by atoms with Gasteiger partial charge >= 0.3 is 5.97 Å². The molecule has 7 nitrogen and oxygen atoms in total. The zero-order chi connectivity index (χ0) is 18.6. The summed E-state index contributed by atoms with van der Waals surface area (Å²) >= 11 is 6.04. The number of nitrogens with zero attached hydrogens (tertiary/aromatic N) is 2. The quantitative estimate of drug-likeness (QED) is 0.743. The maximum absolute atomic E-state index is 13.9. The van der Waals surface area contributed by atoms with Crippen LogP contribution < -0.4 is 0 Å². The first-order valence-corrected chi connectivity index (χ1v) is 9.83. The Morgan fingerprint density at radius 1 is 1.52 bits per heavy atom. The monoisotopic (exact) mass is 394 g/mol. The van der Waals surface area contributed by atoms with E-state index in [9.17, 15) is 17.6 Å². The highest BCUT2D eigenvalue weighted by atomic mass is 35.5. The van der Waals surface area contributed by atoms with Gasteiger partial charge in [-0.05, 0) is 12.1 Å². The number of hydrogen-bond acceptors (Lipinski definition) is 5. The molecule has 1 N–H and O–H groups in total. The molecule has 1 aromatic carbocycles. The van der Waals surface area contributed by atoms with Crippen molar-refractivity contribution in [2.75, 3.05) is 39.0 Å². The van der Waals surface area contributed by atoms with E-state index < -0.39 is 34.5 Å². The number of rotatable bonds is 7. The van der Waals surface area contributed by atoms with E-state index in [0.717, 1.165) is 10.6 Å². The fourth-order valence-electron chi connectivity index (χ4n) is 2.64. The van der Waals surface area contributed by atoms with Crippen LogP contribution in [0.3, 0.4) is 0 Å². The van der Waals surface area contributed by atoms with Crippen LogP contribution in [-0.4, -0.2) is 73.8 Å². The second-order valence-electron chi connectivity index (χ2n) is 5.88. The Labute approximate surface area is 151 Å². The number of hydrogen-bond donors (Lipinski definition) is 1. The molecule has 0 radical (unpaired) electrons. The summed E-state index contributed by atoms with van der Waals surface area (Å²) in [5, 5.41) is 9.20. The smallest absolute Gasteiger partial charge is 0.318 e. The molecular formula is C15H20ClFN2O5S. The molecule has 1 unspecified atom stereocenters. The lowest BCUT2D eigenvalue weighted by molar-refractivity contribution is -0.137. The first-order chi connectivity index (χ1) is 11.7. The van der Waals surface area contributed by atoms with Crippen molar-refractivity contribution in [1.29, 1.82) is 0 Å². The van der Waals surface area contributed by atoms with Gasteiger partial charge in [0.25, 0.3) is 0 Å². The van der Waals surface area contributed by atoms with Crippen molar-refractivity contribution in [2.45, 2.75) is 12.6 Å². The van der Waals surface area contributed by atoms with Crippen LogP contribution in [-0.2, 0) is 26.1 Å². The lowest BCUT2D eigenvalue weighted by atomic mass is 10.1. The van der Waals surface area contributed by atoms with Gasteiger partial charge in [0.05, 0.1) is 19.0 Å². The Morgan fingerprint density at radius 2 is 2.24 bits per heavy atom. The molecule has 1 atom stereocenters. The summed E-state index contributed by atoms with van der Waals surface area (Å²) in [5.74, 6) is -1.64. The molecule has 25 heavy (non-hydrogen) atoms. The van der Waals surface area contributed by atoms with Crippen molar-refractivity contribution in [3.63, 3.8) is 0 Å². The Morgan fingerprint density at radius 3 is 2.84 bits per heavy atom. The zero-order valence-electron chi connectivity index (χ0n) is 13.7. The molecule has 1 heterocycles. The largest absolute Gasteiger partial charge is 0.480 e. The van der Waals surface area contributed by atoms with Crippen LogP contribution in [0, 0.1) is 5.82 Å². The van der Waals surface area contributed by atoms with Gasteiger partial charge in [-0.15, -0.1) is 0 Å². The van der Waals surface area contributed by atoms with Crippen molar-refractivity contribution in [2.24, 2.45) is 0 Å². The first kappa shape index (κ1) is 20.1. The van der Waals surface area contributed by atoms with Crippen LogP contribution in [0.4, 0.5) is 4.39 Å². The van der Waals surface area contributed by atoms with Crippen LogP contribution in [0.15, 0.2) is 18.2 Å². The number of halogens is 2. The number of ether oxygens (including phenoxy) is 1. The number of morpholine rings is 1. The van der Waals surface area contributed by atoms with Crippen LogP contribution in [0.1, 0.15) is 5.56 Å². The molecular weight excluding hydrogens is 375 g/mol. The molecule has 140 valence electrons. The Bertz CT molecular complexity index is 710. The molecule has 0 bridgehead atoms. The van der Waals surface area contributed by atoms with Gasteiger partial charge < -0.3 is 9.84 Å². The normalized spacial score (nSPS) is 19.3. The van der Waals surface area contributed by atoms with Gasteiger partial charge in [0, 0.05) is 36.8 Å². The topological polar surface area (TPSA) is 87.2 Å². The minimum atomic E-state index is -3.68. The van der Waals surface area contributed by atoms with Crippen molar-refractivity contribution in [1.82, 2.24) is 9.21 Å². The summed E-state index contributed by atoms with van der Waals surface area (Å²) in [6, 6.07) is 4.46. The molecule has 0 aliphatic carbocycles. The average Bonchev–Trinajstić information content (AvgIpc) is 2.49. The maximum atomic E-state index is 13.9. The Hall–Kier alpha value is -1.26. The predicted octanol–water partition coefficient (Wildman–Crippen LogP) is 1.03. The van der Waals surface area contributed by atoms with Crippen LogP contribution >= 0.6 is 11.6 Å². The highest BCUT2D eigenvalue weighted by Crippen LogP contribution is 2.22. The van der Waals surface area contributed by atoms with Gasteiger partial charge in [0.1, 0.15) is 12.4 Å². The highest BCUT2D eigenvalue weighted by Gasteiger charge is 2.28. The maximum Gasteiger partial charge on any atom is 0.318 e. The number of aliphatic carboxylic acids is 1. The van der Waals surface area contributed by atoms with E-state index in [2.05, 4.69) is 0 Å². The zero-order valence-corrected chi connectivity index (χ0v) is 15.3. The average molecular weight is 395 g/mol. The molecule has 1 aliphatic rings. The summed E-state index contributed by atoms with van der Waals surface area (Å²) in [5.41, 5.74) is 0.371. The van der Waals surface area contributed by atoms with E-state index in [1.165, 1.54) is 12.1 Å². The van der Waals surface area contributed by atoms with Gasteiger partial charge in [-0.3, -0.25) is 9.69 Å². The second kappa shape index (κ2) is 8.41. The summed E-state index contributed by atoms with van der Waals surface area (Å²) < 4.78 is 43.8. The SMILES string of the molecule is CS(=O)(=O)N(CC(=O)O)CC1CN(Cc2c(F)cccc2Cl)CCO1. The van der Waals surface area contributed by atoms with Gasteiger partial charge in [-0.25, -0.2) is 12.8 Å². The molecule has 10 heteroatoms. The van der Waals surface area contributed by atoms with E-state index in [1.54, 1.807) is 6.07 Å². The lowest BCUT2D eigenvalue weighted by Crippen LogP contribution is -2.49. The first-order valence-electron chi connectivity index (χ1n) is 7.60. The minimum Gasteiger partial charge on any atom is -0.480 e. The van der Waals surface area contributed by atoms with E-state index in [0.29, 0.717) is 30.3 Å². The van der Waals surface area contributed by atoms with Gasteiger partial charge in [-0.2, -0.15) is 4.31 Å². The van der Waals surface area contributed by atoms with E-state index in [1.807, 2.05) is 4.90 Å². The molecule has 0 spiro atoms. The van der Waals surface area contributed by atoms with Gasteiger partial charge in [-0.1, -0.05) is 17.7 Å². The van der Waals surface area contributed by atoms with E-state index in [4.69, 9.17) is 21.4 Å². The number of carboxylic acid groups (broad SMARTS) is 1. The number of benzene rings is 1. The van der Waals surface area contributed by atoms with E-state index in [-0.39, 0.29) is 13.1 Å². The Balaban J connectivity index is 2.03. The summed E-state index contributed by atoms with van der Waals surface area (Å²) in [4.78, 5) is 12.8. The molecule has 1 fully saturated rings. The standard InChI is InChI=1S/C15H20ClFN2O5S/c1-25(22,23)19(10-15(20)21)8-11-7-18(5-6-24-11)9-12-13(16)3-2-4-14(12)17/h2-4,11H,5-10H2,1H3,(H,20,21). The molecule has 1 aliphatic heterocycles. The number of carbonyl (C=O) groups is 1.